The smallest absolute Gasteiger partial charge is 0.226 e. The predicted octanol–water partition coefficient (Wildman–Crippen LogP) is 1.48. The lowest BCUT2D eigenvalue weighted by atomic mass is 9.89. The van der Waals surface area contributed by atoms with Crippen molar-refractivity contribution in [1.29, 1.82) is 0 Å². The second-order valence-corrected chi connectivity index (χ2v) is 8.28. The van der Waals surface area contributed by atoms with E-state index in [1.54, 1.807) is 11.3 Å². The summed E-state index contributed by atoms with van der Waals surface area (Å²) in [6, 6.07) is 0. The van der Waals surface area contributed by atoms with Crippen molar-refractivity contribution in [3.63, 3.8) is 0 Å². The van der Waals surface area contributed by atoms with Crippen molar-refractivity contribution in [1.82, 2.24) is 20.5 Å². The number of hydrogen-bond acceptors (Lipinski definition) is 5. The molecule has 1 aromatic heterocycles. The third-order valence-electron chi connectivity index (χ3n) is 5.13. The van der Waals surface area contributed by atoms with Gasteiger partial charge in [-0.25, -0.2) is 4.98 Å². The van der Waals surface area contributed by atoms with Gasteiger partial charge in [-0.15, -0.1) is 11.3 Å². The Morgan fingerprint density at radius 3 is 2.72 bits per heavy atom. The topological polar surface area (TPSA) is 74.3 Å². The van der Waals surface area contributed by atoms with Gasteiger partial charge in [-0.05, 0) is 32.6 Å². The molecule has 7 heteroatoms. The summed E-state index contributed by atoms with van der Waals surface area (Å²) < 4.78 is 0. The molecule has 1 aromatic rings. The lowest BCUT2D eigenvalue weighted by molar-refractivity contribution is -0.136. The first-order valence-corrected chi connectivity index (χ1v) is 10.1. The Bertz CT molecular complexity index is 625. The van der Waals surface area contributed by atoms with Gasteiger partial charge in [0.2, 0.25) is 11.8 Å². The lowest BCUT2D eigenvalue weighted by Crippen LogP contribution is -2.48. The van der Waals surface area contributed by atoms with E-state index in [4.69, 9.17) is 0 Å². The van der Waals surface area contributed by atoms with Crippen LogP contribution >= 0.6 is 11.3 Å². The quantitative estimate of drug-likeness (QED) is 0.830. The van der Waals surface area contributed by atoms with Gasteiger partial charge in [0.15, 0.2) is 0 Å². The normalized spacial score (nSPS) is 23.7. The lowest BCUT2D eigenvalue weighted by Gasteiger charge is -2.31. The van der Waals surface area contributed by atoms with E-state index in [1.165, 1.54) is 0 Å². The first-order chi connectivity index (χ1) is 12.1. The minimum atomic E-state index is -0.135. The van der Waals surface area contributed by atoms with Gasteiger partial charge in [0.1, 0.15) is 0 Å². The van der Waals surface area contributed by atoms with Crippen molar-refractivity contribution in [3.05, 3.63) is 15.6 Å². The van der Waals surface area contributed by atoms with Crippen molar-refractivity contribution < 1.29 is 9.59 Å². The van der Waals surface area contributed by atoms with Crippen LogP contribution < -0.4 is 10.6 Å². The highest BCUT2D eigenvalue weighted by atomic mass is 32.1. The van der Waals surface area contributed by atoms with Crippen LogP contribution in [0.25, 0.3) is 0 Å². The Morgan fingerprint density at radius 2 is 2.00 bits per heavy atom. The van der Waals surface area contributed by atoms with Crippen molar-refractivity contribution in [2.24, 2.45) is 11.8 Å². The van der Waals surface area contributed by atoms with Crippen molar-refractivity contribution in [2.75, 3.05) is 26.2 Å². The van der Waals surface area contributed by atoms with Crippen LogP contribution in [0.5, 0.6) is 0 Å². The standard InChI is InChI=1S/C18H28N4O2S/c1-3-15-16(25-12(2)21-15)11-20-17(23)13-8-14(10-19-9-13)18(24)22-6-4-5-7-22/h13-14,19H,3-11H2,1-2H3,(H,20,23)/t13-,14-/m1/s1. The van der Waals surface area contributed by atoms with Gasteiger partial charge in [0, 0.05) is 31.1 Å². The summed E-state index contributed by atoms with van der Waals surface area (Å²) in [5.74, 6) is 0.0530. The molecule has 2 atom stereocenters. The molecule has 2 amide bonds. The summed E-state index contributed by atoms with van der Waals surface area (Å²) >= 11 is 1.65. The fourth-order valence-corrected chi connectivity index (χ4v) is 4.73. The maximum absolute atomic E-state index is 12.6. The zero-order valence-electron chi connectivity index (χ0n) is 15.1. The molecule has 0 unspecified atom stereocenters. The molecule has 0 aromatic carbocycles. The summed E-state index contributed by atoms with van der Waals surface area (Å²) in [6.45, 7) is 7.70. The van der Waals surface area contributed by atoms with E-state index in [0.717, 1.165) is 47.9 Å². The number of hydrogen-bond donors (Lipinski definition) is 2. The van der Waals surface area contributed by atoms with Gasteiger partial charge in [-0.1, -0.05) is 6.92 Å². The molecular formula is C18H28N4O2S. The van der Waals surface area contributed by atoms with Crippen LogP contribution in [0.1, 0.15) is 41.8 Å². The SMILES string of the molecule is CCc1nc(C)sc1CNC(=O)[C@H]1CNC[C@H](C(=O)N2CCCC2)C1. The van der Waals surface area contributed by atoms with Crippen LogP contribution in [0.2, 0.25) is 0 Å². The summed E-state index contributed by atoms with van der Waals surface area (Å²) in [4.78, 5) is 32.8. The van der Waals surface area contributed by atoms with E-state index >= 15 is 0 Å². The first kappa shape index (κ1) is 18.3. The monoisotopic (exact) mass is 364 g/mol. The second-order valence-electron chi connectivity index (χ2n) is 6.99. The average Bonchev–Trinajstić information content (AvgIpc) is 3.28. The summed E-state index contributed by atoms with van der Waals surface area (Å²) in [5, 5.41) is 7.37. The third-order valence-corrected chi connectivity index (χ3v) is 6.14. The number of carbonyl (C=O) groups excluding carboxylic acids is 2. The number of aryl methyl sites for hydroxylation is 2. The Hall–Kier alpha value is -1.47. The maximum Gasteiger partial charge on any atom is 0.226 e. The molecule has 2 fully saturated rings. The van der Waals surface area contributed by atoms with Crippen molar-refractivity contribution >= 4 is 23.2 Å². The Balaban J connectivity index is 1.53. The molecule has 2 N–H and O–H groups in total. The van der Waals surface area contributed by atoms with Gasteiger partial charge in [0.25, 0.3) is 0 Å². The first-order valence-electron chi connectivity index (χ1n) is 9.30. The number of rotatable bonds is 5. The molecular weight excluding hydrogens is 336 g/mol. The fourth-order valence-electron chi connectivity index (χ4n) is 3.76. The fraction of sp³-hybridized carbons (Fsp3) is 0.722. The number of carbonyl (C=O) groups is 2. The molecule has 0 bridgehead atoms. The van der Waals surface area contributed by atoms with Crippen molar-refractivity contribution in [2.45, 2.75) is 46.1 Å². The van der Waals surface area contributed by atoms with Crippen LogP contribution in [-0.2, 0) is 22.6 Å². The molecule has 138 valence electrons. The molecule has 6 nitrogen and oxygen atoms in total. The van der Waals surface area contributed by atoms with Gasteiger partial charge < -0.3 is 15.5 Å². The number of amides is 2. The van der Waals surface area contributed by atoms with Crippen molar-refractivity contribution in [3.8, 4) is 0 Å². The molecule has 2 aliphatic rings. The van der Waals surface area contributed by atoms with E-state index in [2.05, 4.69) is 22.5 Å². The molecule has 3 rings (SSSR count). The Labute approximate surface area is 153 Å². The zero-order chi connectivity index (χ0) is 17.8. The Kier molecular flexibility index (Phi) is 6.06. The molecule has 0 radical (unpaired) electrons. The maximum atomic E-state index is 12.6. The van der Waals surface area contributed by atoms with E-state index in [0.29, 0.717) is 26.1 Å². The molecule has 0 aliphatic carbocycles. The molecule has 0 saturated carbocycles. The van der Waals surface area contributed by atoms with E-state index in [9.17, 15) is 9.59 Å². The number of piperidine rings is 1. The highest BCUT2D eigenvalue weighted by Gasteiger charge is 2.34. The van der Waals surface area contributed by atoms with Crippen LogP contribution in [-0.4, -0.2) is 47.9 Å². The minimum Gasteiger partial charge on any atom is -0.351 e. The van der Waals surface area contributed by atoms with E-state index < -0.39 is 0 Å². The highest BCUT2D eigenvalue weighted by Crippen LogP contribution is 2.22. The number of aromatic nitrogens is 1. The summed E-state index contributed by atoms with van der Waals surface area (Å²) in [6.07, 6.45) is 3.73. The summed E-state index contributed by atoms with van der Waals surface area (Å²) in [5.41, 5.74) is 1.08. The molecule has 3 heterocycles. The molecule has 2 aliphatic heterocycles. The largest absolute Gasteiger partial charge is 0.351 e. The second kappa shape index (κ2) is 8.27. The van der Waals surface area contributed by atoms with Gasteiger partial charge >= 0.3 is 0 Å². The van der Waals surface area contributed by atoms with Crippen LogP contribution in [0.3, 0.4) is 0 Å². The number of thiazole rings is 1. The minimum absolute atomic E-state index is 0.0412. The van der Waals surface area contributed by atoms with Crippen LogP contribution in [0.15, 0.2) is 0 Å². The van der Waals surface area contributed by atoms with Gasteiger partial charge in [-0.2, -0.15) is 0 Å². The third kappa shape index (κ3) is 4.39. The predicted molar refractivity (Wildman–Crippen MR) is 98.4 cm³/mol. The van der Waals surface area contributed by atoms with Gasteiger partial charge in [0.05, 0.1) is 29.1 Å². The summed E-state index contributed by atoms with van der Waals surface area (Å²) in [7, 11) is 0. The molecule has 2 saturated heterocycles. The van der Waals surface area contributed by atoms with E-state index in [1.807, 2.05) is 11.8 Å². The van der Waals surface area contributed by atoms with Gasteiger partial charge in [-0.3, -0.25) is 9.59 Å². The van der Waals surface area contributed by atoms with Crippen LogP contribution in [0.4, 0.5) is 0 Å². The Morgan fingerprint density at radius 1 is 1.28 bits per heavy atom. The number of likely N-dealkylation sites (tertiary alicyclic amines) is 1. The highest BCUT2D eigenvalue weighted by molar-refractivity contribution is 7.11. The van der Waals surface area contributed by atoms with E-state index in [-0.39, 0.29) is 23.7 Å². The average molecular weight is 365 g/mol. The number of nitrogens with zero attached hydrogens (tertiary/aromatic N) is 2. The molecule has 25 heavy (non-hydrogen) atoms. The molecule has 0 spiro atoms. The zero-order valence-corrected chi connectivity index (χ0v) is 16.0. The van der Waals surface area contributed by atoms with Crippen LogP contribution in [0, 0.1) is 18.8 Å². The number of nitrogens with one attached hydrogen (secondary N) is 2.